The van der Waals surface area contributed by atoms with Crippen LogP contribution >= 0.6 is 0 Å². The number of hydrogen-bond donors (Lipinski definition) is 1. The van der Waals surface area contributed by atoms with E-state index in [1.807, 2.05) is 0 Å². The molecular weight excluding hydrogens is 354 g/mol. The summed E-state index contributed by atoms with van der Waals surface area (Å²) in [5, 5.41) is 3.53. The van der Waals surface area contributed by atoms with Crippen LogP contribution < -0.4 is 5.32 Å². The molecule has 0 aromatic rings. The third kappa shape index (κ3) is 4.79. The molecule has 1 N–H and O–H groups in total. The SMILES string of the molecule is CN(C)C(=O)CN=C(NCC1CCCO1)N1CCC2C(CCCN2C2CC2)C1. The van der Waals surface area contributed by atoms with E-state index in [0.29, 0.717) is 0 Å². The maximum atomic E-state index is 12.1. The fraction of sp³-hybridized carbons (Fsp3) is 0.905. The fourth-order valence-corrected chi connectivity index (χ4v) is 5.06. The third-order valence-corrected chi connectivity index (χ3v) is 6.80. The van der Waals surface area contributed by atoms with Crippen LogP contribution in [0.1, 0.15) is 44.9 Å². The lowest BCUT2D eigenvalue weighted by Crippen LogP contribution is -2.57. The van der Waals surface area contributed by atoms with Crippen molar-refractivity contribution in [3.8, 4) is 0 Å². The molecule has 28 heavy (non-hydrogen) atoms. The van der Waals surface area contributed by atoms with E-state index in [1.165, 1.54) is 38.6 Å². The number of carbonyl (C=O) groups is 1. The first-order chi connectivity index (χ1) is 13.6. The van der Waals surface area contributed by atoms with Gasteiger partial charge in [0.1, 0.15) is 6.54 Å². The van der Waals surface area contributed by atoms with Gasteiger partial charge in [-0.1, -0.05) is 0 Å². The van der Waals surface area contributed by atoms with Gasteiger partial charge in [-0.25, -0.2) is 4.99 Å². The molecule has 1 saturated carbocycles. The maximum Gasteiger partial charge on any atom is 0.243 e. The van der Waals surface area contributed by atoms with Crippen molar-refractivity contribution in [2.24, 2.45) is 10.9 Å². The minimum atomic E-state index is 0.0453. The predicted molar refractivity (Wildman–Crippen MR) is 110 cm³/mol. The number of carbonyl (C=O) groups excluding carboxylic acids is 1. The smallest absolute Gasteiger partial charge is 0.243 e. The van der Waals surface area contributed by atoms with Crippen LogP contribution in [-0.2, 0) is 9.53 Å². The number of amides is 1. The zero-order chi connectivity index (χ0) is 19.5. The van der Waals surface area contributed by atoms with Gasteiger partial charge in [0.2, 0.25) is 5.91 Å². The second kappa shape index (κ2) is 8.99. The maximum absolute atomic E-state index is 12.1. The Labute approximate surface area is 169 Å². The Morgan fingerprint density at radius 1 is 1.14 bits per heavy atom. The van der Waals surface area contributed by atoms with E-state index in [4.69, 9.17) is 9.73 Å². The molecule has 3 saturated heterocycles. The number of guanidine groups is 1. The van der Waals surface area contributed by atoms with Gasteiger partial charge in [0.25, 0.3) is 0 Å². The molecule has 0 radical (unpaired) electrons. The van der Waals surface area contributed by atoms with Crippen molar-refractivity contribution in [2.45, 2.75) is 63.1 Å². The molecule has 1 aliphatic carbocycles. The van der Waals surface area contributed by atoms with Crippen LogP contribution in [0.4, 0.5) is 0 Å². The molecule has 4 fully saturated rings. The summed E-state index contributed by atoms with van der Waals surface area (Å²) >= 11 is 0. The van der Waals surface area contributed by atoms with E-state index in [0.717, 1.165) is 63.0 Å². The second-order valence-electron chi connectivity index (χ2n) is 9.12. The predicted octanol–water partition coefficient (Wildman–Crippen LogP) is 1.15. The first kappa shape index (κ1) is 20.0. The minimum Gasteiger partial charge on any atom is -0.376 e. The highest BCUT2D eigenvalue weighted by Gasteiger charge is 2.42. The molecule has 0 aromatic heterocycles. The number of nitrogens with zero attached hydrogens (tertiary/aromatic N) is 4. The van der Waals surface area contributed by atoms with Gasteiger partial charge >= 0.3 is 0 Å². The summed E-state index contributed by atoms with van der Waals surface area (Å²) < 4.78 is 5.77. The largest absolute Gasteiger partial charge is 0.376 e. The Morgan fingerprint density at radius 2 is 2.00 bits per heavy atom. The fourth-order valence-electron chi connectivity index (χ4n) is 5.06. The van der Waals surface area contributed by atoms with Gasteiger partial charge in [-0.05, 0) is 57.4 Å². The topological polar surface area (TPSA) is 60.4 Å². The quantitative estimate of drug-likeness (QED) is 0.563. The Morgan fingerprint density at radius 3 is 2.71 bits per heavy atom. The van der Waals surface area contributed by atoms with Crippen molar-refractivity contribution in [1.29, 1.82) is 0 Å². The summed E-state index contributed by atoms with van der Waals surface area (Å²) in [6, 6.07) is 1.61. The zero-order valence-corrected chi connectivity index (χ0v) is 17.6. The Hall–Kier alpha value is -1.34. The first-order valence-corrected chi connectivity index (χ1v) is 11.2. The van der Waals surface area contributed by atoms with Crippen LogP contribution in [0, 0.1) is 5.92 Å². The average molecular weight is 392 g/mol. The molecule has 4 rings (SSSR count). The van der Waals surface area contributed by atoms with E-state index in [2.05, 4.69) is 15.1 Å². The number of rotatable bonds is 5. The Kier molecular flexibility index (Phi) is 6.41. The summed E-state index contributed by atoms with van der Waals surface area (Å²) in [5.74, 6) is 1.67. The van der Waals surface area contributed by atoms with E-state index in [-0.39, 0.29) is 18.6 Å². The number of aliphatic imine (C=N–C) groups is 1. The van der Waals surface area contributed by atoms with Gasteiger partial charge in [0, 0.05) is 52.4 Å². The molecule has 7 nitrogen and oxygen atoms in total. The summed E-state index contributed by atoms with van der Waals surface area (Å²) in [6.07, 6.45) is 9.17. The van der Waals surface area contributed by atoms with E-state index >= 15 is 0 Å². The molecule has 0 spiro atoms. The van der Waals surface area contributed by atoms with Gasteiger partial charge in [-0.2, -0.15) is 0 Å². The number of fused-ring (bicyclic) bond motifs is 1. The van der Waals surface area contributed by atoms with Crippen LogP contribution in [0.5, 0.6) is 0 Å². The molecule has 0 bridgehead atoms. The van der Waals surface area contributed by atoms with Crippen molar-refractivity contribution < 1.29 is 9.53 Å². The number of likely N-dealkylation sites (N-methyl/N-ethyl adjacent to an activating group) is 1. The summed E-state index contributed by atoms with van der Waals surface area (Å²) in [6.45, 7) is 5.23. The second-order valence-corrected chi connectivity index (χ2v) is 9.12. The van der Waals surface area contributed by atoms with Gasteiger partial charge < -0.3 is 19.9 Å². The van der Waals surface area contributed by atoms with Gasteiger partial charge in [-0.3, -0.25) is 9.69 Å². The molecule has 3 unspecified atom stereocenters. The lowest BCUT2D eigenvalue weighted by atomic mass is 9.83. The van der Waals surface area contributed by atoms with Gasteiger partial charge in [0.05, 0.1) is 6.10 Å². The van der Waals surface area contributed by atoms with Crippen LogP contribution in [0.3, 0.4) is 0 Å². The molecule has 3 aliphatic heterocycles. The van der Waals surface area contributed by atoms with Crippen molar-refractivity contribution in [1.82, 2.24) is 20.0 Å². The van der Waals surface area contributed by atoms with E-state index < -0.39 is 0 Å². The van der Waals surface area contributed by atoms with Crippen LogP contribution in [-0.4, -0.2) is 98.2 Å². The standard InChI is InChI=1S/C21H37N5O2/c1-24(2)20(27)14-23-21(22-13-18-6-4-12-28-18)25-11-9-19-16(15-25)5-3-10-26(19)17-7-8-17/h16-19H,3-15H2,1-2H3,(H,22,23). The van der Waals surface area contributed by atoms with Crippen molar-refractivity contribution >= 4 is 11.9 Å². The summed E-state index contributed by atoms with van der Waals surface area (Å²) in [7, 11) is 3.58. The highest BCUT2D eigenvalue weighted by atomic mass is 16.5. The van der Waals surface area contributed by atoms with E-state index in [9.17, 15) is 4.79 Å². The van der Waals surface area contributed by atoms with Gasteiger partial charge in [-0.15, -0.1) is 0 Å². The molecule has 7 heteroatoms. The first-order valence-electron chi connectivity index (χ1n) is 11.2. The van der Waals surface area contributed by atoms with Crippen molar-refractivity contribution in [3.05, 3.63) is 0 Å². The molecule has 0 aromatic carbocycles. The number of piperidine rings is 2. The normalized spacial score (nSPS) is 31.6. The molecule has 3 atom stereocenters. The summed E-state index contributed by atoms with van der Waals surface area (Å²) in [4.78, 5) is 23.6. The number of hydrogen-bond acceptors (Lipinski definition) is 4. The number of likely N-dealkylation sites (tertiary alicyclic amines) is 2. The highest BCUT2D eigenvalue weighted by Crippen LogP contribution is 2.38. The van der Waals surface area contributed by atoms with Crippen LogP contribution in [0.25, 0.3) is 0 Å². The molecule has 1 amide bonds. The molecular formula is C21H37N5O2. The van der Waals surface area contributed by atoms with Crippen LogP contribution in [0.2, 0.25) is 0 Å². The number of nitrogens with one attached hydrogen (secondary N) is 1. The Balaban J connectivity index is 1.39. The number of ether oxygens (including phenoxy) is 1. The highest BCUT2D eigenvalue weighted by molar-refractivity contribution is 5.85. The average Bonchev–Trinajstić information content (AvgIpc) is 3.42. The van der Waals surface area contributed by atoms with Crippen LogP contribution in [0.15, 0.2) is 4.99 Å². The molecule has 4 aliphatic rings. The Bertz CT molecular complexity index is 571. The molecule has 3 heterocycles. The monoisotopic (exact) mass is 391 g/mol. The van der Waals surface area contributed by atoms with Crippen molar-refractivity contribution in [3.63, 3.8) is 0 Å². The zero-order valence-electron chi connectivity index (χ0n) is 17.6. The molecule has 158 valence electrons. The lowest BCUT2D eigenvalue weighted by Gasteiger charge is -2.48. The third-order valence-electron chi connectivity index (χ3n) is 6.80. The lowest BCUT2D eigenvalue weighted by molar-refractivity contribution is -0.127. The van der Waals surface area contributed by atoms with Gasteiger partial charge in [0.15, 0.2) is 5.96 Å². The summed E-state index contributed by atoms with van der Waals surface area (Å²) in [5.41, 5.74) is 0. The van der Waals surface area contributed by atoms with Crippen molar-refractivity contribution in [2.75, 3.05) is 53.4 Å². The minimum absolute atomic E-state index is 0.0453. The van der Waals surface area contributed by atoms with E-state index in [1.54, 1.807) is 19.0 Å².